The van der Waals surface area contributed by atoms with Crippen LogP contribution >= 0.6 is 0 Å². The third-order valence-corrected chi connectivity index (χ3v) is 2.27. The van der Waals surface area contributed by atoms with Gasteiger partial charge in [0.1, 0.15) is 6.33 Å². The molecule has 0 amide bonds. The summed E-state index contributed by atoms with van der Waals surface area (Å²) in [6.07, 6.45) is 3.16. The molecule has 1 atom stereocenters. The average Bonchev–Trinajstić information content (AvgIpc) is 2.37. The van der Waals surface area contributed by atoms with E-state index >= 15 is 0 Å². The van der Waals surface area contributed by atoms with Crippen LogP contribution < -0.4 is 11.1 Å². The van der Waals surface area contributed by atoms with E-state index in [1.54, 1.807) is 6.08 Å². The van der Waals surface area contributed by atoms with E-state index in [0.29, 0.717) is 5.95 Å². The van der Waals surface area contributed by atoms with Crippen molar-refractivity contribution in [3.8, 4) is 0 Å². The van der Waals surface area contributed by atoms with Crippen LogP contribution in [0.1, 0.15) is 11.6 Å². The zero-order valence-corrected chi connectivity index (χ0v) is 9.24. The molecular weight excluding hydrogens is 214 g/mol. The molecule has 17 heavy (non-hydrogen) atoms. The lowest BCUT2D eigenvalue weighted by molar-refractivity contribution is 0.933. The van der Waals surface area contributed by atoms with E-state index in [2.05, 4.69) is 26.8 Å². The van der Waals surface area contributed by atoms with E-state index in [1.165, 1.54) is 6.33 Å². The predicted molar refractivity (Wildman–Crippen MR) is 67.2 cm³/mol. The first kappa shape index (κ1) is 11.1. The number of aromatic nitrogens is 3. The smallest absolute Gasteiger partial charge is 0.228 e. The van der Waals surface area contributed by atoms with Gasteiger partial charge in [0.05, 0.1) is 6.04 Å². The molecule has 0 spiro atoms. The minimum atomic E-state index is -0.0574. The first-order valence-electron chi connectivity index (χ1n) is 5.18. The van der Waals surface area contributed by atoms with Crippen LogP contribution in [0.2, 0.25) is 0 Å². The number of hydrogen-bond donors (Lipinski definition) is 2. The van der Waals surface area contributed by atoms with Gasteiger partial charge >= 0.3 is 0 Å². The SMILES string of the molecule is C=CC(Nc1ncnc(N)n1)c1ccccc1. The predicted octanol–water partition coefficient (Wildman–Crippen LogP) is 1.79. The molecule has 0 fully saturated rings. The standard InChI is InChI=1S/C12H13N5/c1-2-10(9-6-4-3-5-7-9)16-12-15-8-14-11(13)17-12/h2-8,10H,1H2,(H3,13,14,15,16,17). The molecule has 0 aliphatic rings. The third kappa shape index (κ3) is 2.78. The maximum atomic E-state index is 5.49. The Morgan fingerprint density at radius 1 is 1.24 bits per heavy atom. The molecule has 1 aromatic heterocycles. The molecule has 0 aliphatic heterocycles. The largest absolute Gasteiger partial charge is 0.368 e. The molecule has 2 rings (SSSR count). The number of anilines is 2. The fourth-order valence-corrected chi connectivity index (χ4v) is 1.46. The summed E-state index contributed by atoms with van der Waals surface area (Å²) in [6, 6.07) is 9.85. The van der Waals surface area contributed by atoms with Crippen molar-refractivity contribution < 1.29 is 0 Å². The number of nitrogens with one attached hydrogen (secondary N) is 1. The van der Waals surface area contributed by atoms with Crippen LogP contribution in [0.4, 0.5) is 11.9 Å². The van der Waals surface area contributed by atoms with Crippen LogP contribution in [0.3, 0.4) is 0 Å². The highest BCUT2D eigenvalue weighted by molar-refractivity contribution is 5.36. The van der Waals surface area contributed by atoms with E-state index < -0.39 is 0 Å². The summed E-state index contributed by atoms with van der Waals surface area (Å²) < 4.78 is 0. The lowest BCUT2D eigenvalue weighted by Gasteiger charge is -2.14. The summed E-state index contributed by atoms with van der Waals surface area (Å²) >= 11 is 0. The van der Waals surface area contributed by atoms with Gasteiger partial charge in [-0.1, -0.05) is 36.4 Å². The van der Waals surface area contributed by atoms with Crippen molar-refractivity contribution in [1.82, 2.24) is 15.0 Å². The normalized spacial score (nSPS) is 11.8. The minimum absolute atomic E-state index is 0.0574. The first-order chi connectivity index (χ1) is 8.29. The lowest BCUT2D eigenvalue weighted by atomic mass is 10.1. The highest BCUT2D eigenvalue weighted by Gasteiger charge is 2.08. The van der Waals surface area contributed by atoms with Crippen molar-refractivity contribution in [2.24, 2.45) is 0 Å². The summed E-state index contributed by atoms with van der Waals surface area (Å²) in [6.45, 7) is 3.79. The fraction of sp³-hybridized carbons (Fsp3) is 0.0833. The van der Waals surface area contributed by atoms with Crippen LogP contribution in [0.25, 0.3) is 0 Å². The minimum Gasteiger partial charge on any atom is -0.368 e. The van der Waals surface area contributed by atoms with Crippen LogP contribution in [0, 0.1) is 0 Å². The second-order valence-corrected chi connectivity index (χ2v) is 3.44. The average molecular weight is 227 g/mol. The third-order valence-electron chi connectivity index (χ3n) is 2.27. The summed E-state index contributed by atoms with van der Waals surface area (Å²) in [5, 5.41) is 3.13. The highest BCUT2D eigenvalue weighted by atomic mass is 15.2. The lowest BCUT2D eigenvalue weighted by Crippen LogP contribution is -2.11. The topological polar surface area (TPSA) is 76.7 Å². The monoisotopic (exact) mass is 227 g/mol. The van der Waals surface area contributed by atoms with Gasteiger partial charge in [-0.3, -0.25) is 0 Å². The van der Waals surface area contributed by atoms with Crippen LogP contribution in [-0.4, -0.2) is 15.0 Å². The maximum absolute atomic E-state index is 5.49. The Morgan fingerprint density at radius 2 is 2.00 bits per heavy atom. The zero-order chi connectivity index (χ0) is 12.1. The summed E-state index contributed by atoms with van der Waals surface area (Å²) in [5.74, 6) is 0.629. The Balaban J connectivity index is 2.19. The molecule has 86 valence electrons. The Hall–Kier alpha value is -2.43. The fourth-order valence-electron chi connectivity index (χ4n) is 1.46. The molecular formula is C12H13N5. The van der Waals surface area contributed by atoms with Crippen molar-refractivity contribution in [2.45, 2.75) is 6.04 Å². The van der Waals surface area contributed by atoms with Crippen molar-refractivity contribution in [3.05, 3.63) is 54.9 Å². The number of nitrogens with two attached hydrogens (primary N) is 1. The molecule has 0 bridgehead atoms. The van der Waals surface area contributed by atoms with Crippen molar-refractivity contribution in [1.29, 1.82) is 0 Å². The van der Waals surface area contributed by atoms with E-state index in [1.807, 2.05) is 30.3 Å². The maximum Gasteiger partial charge on any atom is 0.228 e. The number of benzene rings is 1. The zero-order valence-electron chi connectivity index (χ0n) is 9.24. The van der Waals surface area contributed by atoms with Gasteiger partial charge in [0.15, 0.2) is 0 Å². The van der Waals surface area contributed by atoms with Crippen molar-refractivity contribution in [2.75, 3.05) is 11.1 Å². The Morgan fingerprint density at radius 3 is 2.65 bits per heavy atom. The molecule has 2 aromatic rings. The summed E-state index contributed by atoms with van der Waals surface area (Å²) in [4.78, 5) is 11.7. The number of nitrogens with zero attached hydrogens (tertiary/aromatic N) is 3. The van der Waals surface area contributed by atoms with E-state index in [4.69, 9.17) is 5.73 Å². The van der Waals surface area contributed by atoms with Gasteiger partial charge in [-0.15, -0.1) is 6.58 Å². The first-order valence-corrected chi connectivity index (χ1v) is 5.18. The van der Waals surface area contributed by atoms with E-state index in [-0.39, 0.29) is 12.0 Å². The van der Waals surface area contributed by atoms with Gasteiger partial charge in [0.25, 0.3) is 0 Å². The molecule has 0 saturated heterocycles. The van der Waals surface area contributed by atoms with Gasteiger partial charge in [-0.25, -0.2) is 9.97 Å². The van der Waals surface area contributed by atoms with Gasteiger partial charge in [0, 0.05) is 0 Å². The van der Waals surface area contributed by atoms with Gasteiger partial charge < -0.3 is 11.1 Å². The molecule has 5 heteroatoms. The quantitative estimate of drug-likeness (QED) is 0.779. The number of rotatable bonds is 4. The number of hydrogen-bond acceptors (Lipinski definition) is 5. The van der Waals surface area contributed by atoms with Crippen molar-refractivity contribution in [3.63, 3.8) is 0 Å². The molecule has 0 aliphatic carbocycles. The second kappa shape index (κ2) is 5.07. The molecule has 1 heterocycles. The molecule has 5 nitrogen and oxygen atoms in total. The Bertz CT molecular complexity index is 497. The van der Waals surface area contributed by atoms with Crippen LogP contribution in [0.5, 0.6) is 0 Å². The van der Waals surface area contributed by atoms with Gasteiger partial charge in [-0.05, 0) is 5.56 Å². The second-order valence-electron chi connectivity index (χ2n) is 3.44. The number of nitrogen functional groups attached to an aromatic ring is 1. The molecule has 0 saturated carbocycles. The molecule has 1 aromatic carbocycles. The van der Waals surface area contributed by atoms with Crippen molar-refractivity contribution >= 4 is 11.9 Å². The van der Waals surface area contributed by atoms with E-state index in [9.17, 15) is 0 Å². The van der Waals surface area contributed by atoms with E-state index in [0.717, 1.165) is 5.56 Å². The Kier molecular flexibility index (Phi) is 3.30. The molecule has 0 radical (unpaired) electrons. The Labute approximate surface area is 99.4 Å². The van der Waals surface area contributed by atoms with Crippen LogP contribution in [-0.2, 0) is 0 Å². The van der Waals surface area contributed by atoms with Crippen LogP contribution in [0.15, 0.2) is 49.3 Å². The molecule has 1 unspecified atom stereocenters. The summed E-state index contributed by atoms with van der Waals surface area (Å²) in [7, 11) is 0. The highest BCUT2D eigenvalue weighted by Crippen LogP contribution is 2.17. The summed E-state index contributed by atoms with van der Waals surface area (Å²) in [5.41, 5.74) is 6.57. The van der Waals surface area contributed by atoms with Gasteiger partial charge in [0.2, 0.25) is 11.9 Å². The van der Waals surface area contributed by atoms with Gasteiger partial charge in [-0.2, -0.15) is 4.98 Å². The molecule has 3 N–H and O–H groups in total.